The Morgan fingerprint density at radius 1 is 1.19 bits per heavy atom. The van der Waals surface area contributed by atoms with E-state index in [1.807, 2.05) is 10.9 Å². The van der Waals surface area contributed by atoms with E-state index in [-0.39, 0.29) is 6.61 Å². The number of hydrogen-bond acceptors (Lipinski definition) is 3. The molecule has 0 radical (unpaired) electrons. The van der Waals surface area contributed by atoms with Crippen molar-refractivity contribution in [2.75, 3.05) is 6.61 Å². The van der Waals surface area contributed by atoms with Crippen LogP contribution in [0.2, 0.25) is 0 Å². The van der Waals surface area contributed by atoms with E-state index in [4.69, 9.17) is 5.11 Å². The molecule has 1 aromatic rings. The fraction of sp³-hybridized carbons (Fsp3) is 0.833. The predicted octanol–water partition coefficient (Wildman–Crippen LogP) is 2.17. The number of unbranched alkanes of at least 4 members (excludes halogenated alkanes) is 5. The summed E-state index contributed by atoms with van der Waals surface area (Å²) in [6.45, 7) is 3.33. The Balaban J connectivity index is 2.07. The van der Waals surface area contributed by atoms with Crippen LogP contribution >= 0.6 is 0 Å². The van der Waals surface area contributed by atoms with Gasteiger partial charge >= 0.3 is 0 Å². The van der Waals surface area contributed by atoms with Crippen LogP contribution in [-0.4, -0.2) is 26.7 Å². The van der Waals surface area contributed by atoms with Crippen molar-refractivity contribution in [2.45, 2.75) is 58.4 Å². The van der Waals surface area contributed by atoms with Gasteiger partial charge in [0.25, 0.3) is 0 Å². The minimum atomic E-state index is 0.149. The van der Waals surface area contributed by atoms with E-state index in [0.717, 1.165) is 12.2 Å². The van der Waals surface area contributed by atoms with Crippen LogP contribution in [0.1, 0.15) is 51.1 Å². The van der Waals surface area contributed by atoms with Crippen molar-refractivity contribution in [3.05, 3.63) is 11.9 Å². The number of aliphatic hydroxyl groups excluding tert-OH is 1. The zero-order chi connectivity index (χ0) is 11.6. The van der Waals surface area contributed by atoms with Crippen molar-refractivity contribution >= 4 is 0 Å². The fourth-order valence-corrected chi connectivity index (χ4v) is 1.73. The highest BCUT2D eigenvalue weighted by atomic mass is 16.3. The van der Waals surface area contributed by atoms with Crippen molar-refractivity contribution in [3.8, 4) is 0 Å². The zero-order valence-electron chi connectivity index (χ0n) is 10.2. The molecule has 0 saturated heterocycles. The molecule has 1 aromatic heterocycles. The van der Waals surface area contributed by atoms with Gasteiger partial charge in [0.05, 0.1) is 5.69 Å². The highest BCUT2D eigenvalue weighted by Gasteiger charge is 1.99. The minimum Gasteiger partial charge on any atom is -0.396 e. The molecule has 0 unspecified atom stereocenters. The van der Waals surface area contributed by atoms with Crippen molar-refractivity contribution in [1.82, 2.24) is 15.0 Å². The number of aryl methyl sites for hydroxylation is 1. The molecule has 0 aliphatic rings. The third-order valence-electron chi connectivity index (χ3n) is 2.69. The highest BCUT2D eigenvalue weighted by Crippen LogP contribution is 2.06. The summed E-state index contributed by atoms with van der Waals surface area (Å²) >= 11 is 0. The Hall–Kier alpha value is -0.900. The van der Waals surface area contributed by atoms with Crippen molar-refractivity contribution in [2.24, 2.45) is 0 Å². The first kappa shape index (κ1) is 13.2. The second-order valence-electron chi connectivity index (χ2n) is 4.21. The van der Waals surface area contributed by atoms with Gasteiger partial charge in [-0.15, -0.1) is 5.10 Å². The summed E-state index contributed by atoms with van der Waals surface area (Å²) in [4.78, 5) is 0. The normalized spacial score (nSPS) is 10.9. The summed E-state index contributed by atoms with van der Waals surface area (Å²) in [7, 11) is 0. The van der Waals surface area contributed by atoms with E-state index in [9.17, 15) is 0 Å². The van der Waals surface area contributed by atoms with E-state index in [2.05, 4.69) is 17.2 Å². The Bertz CT molecular complexity index is 273. The Kier molecular flexibility index (Phi) is 6.81. The first-order valence-corrected chi connectivity index (χ1v) is 6.36. The molecule has 0 fully saturated rings. The van der Waals surface area contributed by atoms with Gasteiger partial charge in [-0.3, -0.25) is 4.68 Å². The zero-order valence-corrected chi connectivity index (χ0v) is 10.2. The molecule has 0 amide bonds. The second kappa shape index (κ2) is 8.28. The van der Waals surface area contributed by atoms with Crippen molar-refractivity contribution in [3.63, 3.8) is 0 Å². The maximum absolute atomic E-state index is 8.75. The maximum atomic E-state index is 8.75. The lowest BCUT2D eigenvalue weighted by molar-refractivity contribution is 0.298. The lowest BCUT2D eigenvalue weighted by Gasteiger charge is -2.00. The number of nitrogens with zero attached hydrogens (tertiary/aromatic N) is 3. The molecule has 1 heterocycles. The van der Waals surface area contributed by atoms with Crippen LogP contribution in [0.25, 0.3) is 0 Å². The molecule has 1 N–H and O–H groups in total. The molecule has 0 atom stereocenters. The number of hydrogen-bond donors (Lipinski definition) is 1. The third-order valence-corrected chi connectivity index (χ3v) is 2.69. The Morgan fingerprint density at radius 2 is 1.94 bits per heavy atom. The summed E-state index contributed by atoms with van der Waals surface area (Å²) in [5.41, 5.74) is 0.883. The number of aliphatic hydroxyl groups is 1. The molecule has 0 spiro atoms. The summed E-state index contributed by atoms with van der Waals surface area (Å²) in [5, 5.41) is 16.8. The molecule has 4 nitrogen and oxygen atoms in total. The molecular weight excluding hydrogens is 202 g/mol. The largest absolute Gasteiger partial charge is 0.396 e. The smallest absolute Gasteiger partial charge is 0.0849 e. The number of rotatable bonds is 9. The molecular formula is C12H23N3O. The summed E-state index contributed by atoms with van der Waals surface area (Å²) < 4.78 is 1.88. The lowest BCUT2D eigenvalue weighted by Crippen LogP contribution is -1.98. The van der Waals surface area contributed by atoms with Crippen LogP contribution in [0, 0.1) is 0 Å². The van der Waals surface area contributed by atoms with Crippen LogP contribution in [0.5, 0.6) is 0 Å². The van der Waals surface area contributed by atoms with Gasteiger partial charge in [0.15, 0.2) is 0 Å². The predicted molar refractivity (Wildman–Crippen MR) is 64.2 cm³/mol. The molecule has 0 aromatic carbocycles. The Labute approximate surface area is 97.7 Å². The number of aromatic nitrogens is 3. The van der Waals surface area contributed by atoms with Gasteiger partial charge in [-0.1, -0.05) is 44.2 Å². The van der Waals surface area contributed by atoms with Gasteiger partial charge in [-0.25, -0.2) is 0 Å². The quantitative estimate of drug-likeness (QED) is 0.655. The second-order valence-corrected chi connectivity index (χ2v) is 4.21. The standard InChI is InChI=1S/C12H23N3O/c1-2-3-4-5-6-7-9-15-11-12(8-10-16)13-14-15/h11,16H,2-10H2,1H3. The van der Waals surface area contributed by atoms with E-state index >= 15 is 0 Å². The third kappa shape index (κ3) is 5.26. The van der Waals surface area contributed by atoms with Gasteiger partial charge in [0.2, 0.25) is 0 Å². The van der Waals surface area contributed by atoms with E-state index < -0.39 is 0 Å². The SMILES string of the molecule is CCCCCCCCn1cc(CCO)nn1. The molecule has 0 aliphatic carbocycles. The van der Waals surface area contributed by atoms with Crippen molar-refractivity contribution in [1.29, 1.82) is 0 Å². The minimum absolute atomic E-state index is 0.149. The van der Waals surface area contributed by atoms with Gasteiger partial charge in [0.1, 0.15) is 0 Å². The van der Waals surface area contributed by atoms with Gasteiger partial charge in [-0.05, 0) is 6.42 Å². The van der Waals surface area contributed by atoms with Crippen molar-refractivity contribution < 1.29 is 5.11 Å². The first-order chi connectivity index (χ1) is 7.86. The van der Waals surface area contributed by atoms with E-state index in [1.165, 1.54) is 38.5 Å². The molecule has 0 aliphatic heterocycles. The average Bonchev–Trinajstić information content (AvgIpc) is 2.72. The molecule has 1 rings (SSSR count). The first-order valence-electron chi connectivity index (χ1n) is 6.36. The van der Waals surface area contributed by atoms with E-state index in [1.54, 1.807) is 0 Å². The topological polar surface area (TPSA) is 50.9 Å². The molecule has 4 heteroatoms. The monoisotopic (exact) mass is 225 g/mol. The summed E-state index contributed by atoms with van der Waals surface area (Å²) in [5.74, 6) is 0. The molecule has 0 saturated carbocycles. The highest BCUT2D eigenvalue weighted by molar-refractivity contribution is 4.91. The lowest BCUT2D eigenvalue weighted by atomic mass is 10.1. The van der Waals surface area contributed by atoms with Crippen LogP contribution in [0.4, 0.5) is 0 Å². The fourth-order valence-electron chi connectivity index (χ4n) is 1.73. The van der Waals surface area contributed by atoms with Gasteiger partial charge < -0.3 is 5.11 Å². The van der Waals surface area contributed by atoms with E-state index in [0.29, 0.717) is 6.42 Å². The summed E-state index contributed by atoms with van der Waals surface area (Å²) in [6, 6.07) is 0. The maximum Gasteiger partial charge on any atom is 0.0849 e. The van der Waals surface area contributed by atoms with Gasteiger partial charge in [0, 0.05) is 25.8 Å². The Morgan fingerprint density at radius 3 is 2.69 bits per heavy atom. The molecule has 0 bridgehead atoms. The van der Waals surface area contributed by atoms with Gasteiger partial charge in [-0.2, -0.15) is 0 Å². The van der Waals surface area contributed by atoms with Crippen LogP contribution in [0.15, 0.2) is 6.20 Å². The van der Waals surface area contributed by atoms with Crippen LogP contribution in [0.3, 0.4) is 0 Å². The average molecular weight is 225 g/mol. The van der Waals surface area contributed by atoms with Crippen LogP contribution in [-0.2, 0) is 13.0 Å². The summed E-state index contributed by atoms with van der Waals surface area (Å²) in [6.07, 6.45) is 10.3. The molecule has 92 valence electrons. The van der Waals surface area contributed by atoms with Crippen LogP contribution < -0.4 is 0 Å². The molecule has 16 heavy (non-hydrogen) atoms.